The molecule has 0 atom stereocenters. The van der Waals surface area contributed by atoms with Gasteiger partial charge in [0, 0.05) is 18.7 Å². The van der Waals surface area contributed by atoms with Gasteiger partial charge < -0.3 is 5.32 Å². The maximum atomic E-state index is 4.31. The van der Waals surface area contributed by atoms with Crippen LogP contribution in [-0.4, -0.2) is 25.3 Å². The Labute approximate surface area is 90.2 Å². The number of hydrogen-bond donors (Lipinski definition) is 2. The highest BCUT2D eigenvalue weighted by molar-refractivity contribution is 5.81. The molecule has 82 valence electrons. The van der Waals surface area contributed by atoms with E-state index in [1.165, 1.54) is 25.7 Å². The van der Waals surface area contributed by atoms with Crippen molar-refractivity contribution in [2.45, 2.75) is 25.7 Å². The fourth-order valence-electron chi connectivity index (χ4n) is 2.25. The predicted octanol–water partition coefficient (Wildman–Crippen LogP) is 0.957. The Hall–Kier alpha value is -1.06. The second-order valence-electron chi connectivity index (χ2n) is 4.80. The molecule has 15 heavy (non-hydrogen) atoms. The lowest BCUT2D eigenvalue weighted by atomic mass is 10.00. The van der Waals surface area contributed by atoms with Crippen molar-refractivity contribution >= 4 is 12.2 Å². The minimum absolute atomic E-state index is 0.736. The third-order valence-electron chi connectivity index (χ3n) is 3.42. The van der Waals surface area contributed by atoms with Crippen LogP contribution in [0.25, 0.3) is 0 Å². The van der Waals surface area contributed by atoms with Crippen LogP contribution in [-0.2, 0) is 0 Å². The van der Waals surface area contributed by atoms with Gasteiger partial charge in [0.25, 0.3) is 0 Å². The van der Waals surface area contributed by atoms with Gasteiger partial charge in [-0.15, -0.1) is 0 Å². The van der Waals surface area contributed by atoms with Crippen molar-refractivity contribution in [3.05, 3.63) is 0 Å². The summed E-state index contributed by atoms with van der Waals surface area (Å²) in [4.78, 5) is 4.23. The first kappa shape index (κ1) is 9.19. The maximum absolute atomic E-state index is 4.31. The minimum atomic E-state index is 0.736. The summed E-state index contributed by atoms with van der Waals surface area (Å²) in [5.41, 5.74) is 2.99. The molecule has 4 heteroatoms. The number of nitrogens with one attached hydrogen (secondary N) is 2. The Morgan fingerprint density at radius 3 is 2.60 bits per heavy atom. The van der Waals surface area contributed by atoms with Crippen molar-refractivity contribution in [1.82, 2.24) is 10.7 Å². The van der Waals surface area contributed by atoms with Gasteiger partial charge in [0.05, 0.1) is 6.54 Å². The highest BCUT2D eigenvalue weighted by Gasteiger charge is 2.40. The fraction of sp³-hybridized carbons (Fsp3) is 0.818. The Morgan fingerprint density at radius 1 is 1.33 bits per heavy atom. The fourth-order valence-corrected chi connectivity index (χ4v) is 2.25. The van der Waals surface area contributed by atoms with Crippen molar-refractivity contribution in [3.63, 3.8) is 0 Å². The largest absolute Gasteiger partial charge is 0.353 e. The van der Waals surface area contributed by atoms with Crippen LogP contribution in [0.3, 0.4) is 0 Å². The van der Waals surface area contributed by atoms with Crippen LogP contribution in [0.1, 0.15) is 25.7 Å². The molecule has 0 radical (unpaired) electrons. The highest BCUT2D eigenvalue weighted by atomic mass is 15.4. The van der Waals surface area contributed by atoms with E-state index in [9.17, 15) is 0 Å². The SMILES string of the molecule is C(=NNC1=NCCN1)C(C1CC1)C1CC1. The van der Waals surface area contributed by atoms with E-state index in [-0.39, 0.29) is 0 Å². The van der Waals surface area contributed by atoms with E-state index in [2.05, 4.69) is 27.1 Å². The van der Waals surface area contributed by atoms with Gasteiger partial charge in [-0.25, -0.2) is 10.4 Å². The van der Waals surface area contributed by atoms with Crippen molar-refractivity contribution < 1.29 is 0 Å². The number of aliphatic imine (C=N–C) groups is 1. The summed E-state index contributed by atoms with van der Waals surface area (Å²) in [7, 11) is 0. The molecule has 2 saturated carbocycles. The molecule has 0 aromatic rings. The molecule has 2 aliphatic carbocycles. The van der Waals surface area contributed by atoms with E-state index in [0.717, 1.165) is 36.8 Å². The predicted molar refractivity (Wildman–Crippen MR) is 60.9 cm³/mol. The summed E-state index contributed by atoms with van der Waals surface area (Å²) in [6.07, 6.45) is 7.76. The molecule has 0 saturated heterocycles. The van der Waals surface area contributed by atoms with E-state index >= 15 is 0 Å². The number of nitrogens with zero attached hydrogens (tertiary/aromatic N) is 2. The summed E-state index contributed by atoms with van der Waals surface area (Å²) in [5, 5.41) is 7.45. The molecule has 2 N–H and O–H groups in total. The molecule has 1 heterocycles. The first-order chi connectivity index (χ1) is 7.43. The van der Waals surface area contributed by atoms with Crippen molar-refractivity contribution in [1.29, 1.82) is 0 Å². The van der Waals surface area contributed by atoms with Gasteiger partial charge in [0.15, 0.2) is 0 Å². The van der Waals surface area contributed by atoms with Crippen molar-refractivity contribution in [2.24, 2.45) is 27.8 Å². The number of rotatable bonds is 4. The summed E-state index contributed by atoms with van der Waals surface area (Å²) in [5.74, 6) is 3.43. The molecule has 0 aromatic heterocycles. The van der Waals surface area contributed by atoms with E-state index in [4.69, 9.17) is 0 Å². The molecule has 4 nitrogen and oxygen atoms in total. The molecule has 0 bridgehead atoms. The number of guanidine groups is 1. The van der Waals surface area contributed by atoms with E-state index in [0.29, 0.717) is 0 Å². The van der Waals surface area contributed by atoms with Crippen LogP contribution in [0.2, 0.25) is 0 Å². The molecule has 3 aliphatic rings. The van der Waals surface area contributed by atoms with Gasteiger partial charge in [-0.3, -0.25) is 0 Å². The third kappa shape index (κ3) is 2.30. The van der Waals surface area contributed by atoms with Crippen molar-refractivity contribution in [3.8, 4) is 0 Å². The van der Waals surface area contributed by atoms with Gasteiger partial charge in [-0.05, 0) is 37.5 Å². The lowest BCUT2D eigenvalue weighted by Crippen LogP contribution is -2.30. The molecule has 0 amide bonds. The molecule has 1 aliphatic heterocycles. The van der Waals surface area contributed by atoms with Gasteiger partial charge in [0.1, 0.15) is 0 Å². The zero-order valence-corrected chi connectivity index (χ0v) is 8.95. The van der Waals surface area contributed by atoms with E-state index in [1.807, 2.05) is 0 Å². The smallest absolute Gasteiger partial charge is 0.212 e. The second-order valence-corrected chi connectivity index (χ2v) is 4.80. The monoisotopic (exact) mass is 206 g/mol. The average Bonchev–Trinajstić information content (AvgIpc) is 3.15. The van der Waals surface area contributed by atoms with Crippen LogP contribution in [0.15, 0.2) is 10.1 Å². The highest BCUT2D eigenvalue weighted by Crippen LogP contribution is 2.48. The Balaban J connectivity index is 1.51. The summed E-state index contributed by atoms with van der Waals surface area (Å²) in [6.45, 7) is 1.80. The molecule has 3 rings (SSSR count). The molecule has 0 aromatic carbocycles. The lowest BCUT2D eigenvalue weighted by molar-refractivity contribution is 0.542. The average molecular weight is 206 g/mol. The molecular weight excluding hydrogens is 188 g/mol. The number of hydrogen-bond acceptors (Lipinski definition) is 4. The van der Waals surface area contributed by atoms with Crippen LogP contribution >= 0.6 is 0 Å². The normalized spacial score (nSPS) is 25.8. The van der Waals surface area contributed by atoms with Crippen LogP contribution in [0.4, 0.5) is 0 Å². The molecule has 0 unspecified atom stereocenters. The van der Waals surface area contributed by atoms with Gasteiger partial charge in [-0.1, -0.05) is 0 Å². The Kier molecular flexibility index (Phi) is 2.35. The number of hydrazone groups is 1. The zero-order chi connectivity index (χ0) is 10.1. The summed E-state index contributed by atoms with van der Waals surface area (Å²) < 4.78 is 0. The third-order valence-corrected chi connectivity index (χ3v) is 3.42. The Bertz CT molecular complexity index is 277. The standard InChI is InChI=1S/C11H18N4/c1-2-8(1)10(9-3-4-9)7-14-15-11-12-5-6-13-11/h7-10H,1-6H2,(H2,12,13,15). The Morgan fingerprint density at radius 2 is 2.07 bits per heavy atom. The minimum Gasteiger partial charge on any atom is -0.353 e. The summed E-state index contributed by atoms with van der Waals surface area (Å²) in [6, 6.07) is 0. The first-order valence-corrected chi connectivity index (χ1v) is 6.01. The first-order valence-electron chi connectivity index (χ1n) is 6.01. The topological polar surface area (TPSA) is 48.8 Å². The van der Waals surface area contributed by atoms with Crippen molar-refractivity contribution in [2.75, 3.05) is 13.1 Å². The lowest BCUT2D eigenvalue weighted by Gasteiger charge is -2.08. The molecule has 2 fully saturated rings. The van der Waals surface area contributed by atoms with E-state index in [1.54, 1.807) is 0 Å². The molecule has 0 spiro atoms. The molecular formula is C11H18N4. The van der Waals surface area contributed by atoms with Crippen LogP contribution in [0, 0.1) is 17.8 Å². The van der Waals surface area contributed by atoms with Gasteiger partial charge in [0.2, 0.25) is 5.96 Å². The van der Waals surface area contributed by atoms with Crippen LogP contribution < -0.4 is 10.7 Å². The van der Waals surface area contributed by atoms with Gasteiger partial charge >= 0.3 is 0 Å². The van der Waals surface area contributed by atoms with Gasteiger partial charge in [-0.2, -0.15) is 5.10 Å². The zero-order valence-electron chi connectivity index (χ0n) is 8.95. The maximum Gasteiger partial charge on any atom is 0.212 e. The summed E-state index contributed by atoms with van der Waals surface area (Å²) >= 11 is 0. The van der Waals surface area contributed by atoms with Crippen LogP contribution in [0.5, 0.6) is 0 Å². The van der Waals surface area contributed by atoms with E-state index < -0.39 is 0 Å². The second kappa shape index (κ2) is 3.83. The quantitative estimate of drug-likeness (QED) is 0.531.